The topological polar surface area (TPSA) is 46.5 Å². The average Bonchev–Trinajstić information content (AvgIpc) is 2.26. The third-order valence-corrected chi connectivity index (χ3v) is 2.57. The molecule has 1 N–H and O–H groups in total. The van der Waals surface area contributed by atoms with Gasteiger partial charge in [0.05, 0.1) is 5.02 Å². The Morgan fingerprint density at radius 3 is 2.37 bits per heavy atom. The molecule has 98 valence electrons. The molecule has 6 heteroatoms. The number of benzene rings is 2. The van der Waals surface area contributed by atoms with E-state index in [4.69, 9.17) is 21.4 Å². The summed E-state index contributed by atoms with van der Waals surface area (Å²) in [6, 6.07) is 6.76. The molecule has 0 saturated heterocycles. The Balaban J connectivity index is 2.43. The van der Waals surface area contributed by atoms with Gasteiger partial charge >= 0.3 is 5.97 Å². The minimum absolute atomic E-state index is 0.0260. The minimum Gasteiger partial charge on any atom is -0.478 e. The van der Waals surface area contributed by atoms with E-state index in [0.717, 1.165) is 12.1 Å². The predicted octanol–water partition coefficient (Wildman–Crippen LogP) is 4.11. The highest BCUT2D eigenvalue weighted by Crippen LogP contribution is 2.31. The molecule has 2 rings (SSSR count). The summed E-state index contributed by atoms with van der Waals surface area (Å²) >= 11 is 5.74. The van der Waals surface area contributed by atoms with Crippen LogP contribution in [-0.2, 0) is 0 Å². The Morgan fingerprint density at radius 2 is 1.79 bits per heavy atom. The van der Waals surface area contributed by atoms with Gasteiger partial charge < -0.3 is 9.84 Å². The zero-order valence-electron chi connectivity index (χ0n) is 9.36. The van der Waals surface area contributed by atoms with Crippen LogP contribution in [0.5, 0.6) is 11.5 Å². The van der Waals surface area contributed by atoms with Crippen LogP contribution >= 0.6 is 11.6 Å². The summed E-state index contributed by atoms with van der Waals surface area (Å²) in [5.41, 5.74) is -0.270. The van der Waals surface area contributed by atoms with Gasteiger partial charge in [-0.1, -0.05) is 17.7 Å². The molecule has 0 amide bonds. The van der Waals surface area contributed by atoms with Gasteiger partial charge in [-0.3, -0.25) is 0 Å². The number of aromatic carboxylic acids is 1. The number of hydrogen-bond acceptors (Lipinski definition) is 2. The number of ether oxygens (including phenoxy) is 1. The SMILES string of the molecule is O=C(O)c1c(Cl)cccc1Oc1cc(F)cc(F)c1. The summed E-state index contributed by atoms with van der Waals surface area (Å²) in [5.74, 6) is -3.19. The summed E-state index contributed by atoms with van der Waals surface area (Å²) < 4.78 is 31.2. The molecule has 0 spiro atoms. The van der Waals surface area contributed by atoms with Crippen LogP contribution in [0.3, 0.4) is 0 Å². The summed E-state index contributed by atoms with van der Waals surface area (Å²) in [7, 11) is 0. The molecule has 0 aliphatic heterocycles. The van der Waals surface area contributed by atoms with Crippen molar-refractivity contribution in [3.05, 3.63) is 58.6 Å². The largest absolute Gasteiger partial charge is 0.478 e. The summed E-state index contributed by atoms with van der Waals surface area (Å²) in [6.07, 6.45) is 0. The van der Waals surface area contributed by atoms with Crippen LogP contribution in [0.2, 0.25) is 5.02 Å². The van der Waals surface area contributed by atoms with E-state index < -0.39 is 17.6 Å². The molecule has 2 aromatic carbocycles. The molecular formula is C13H7ClF2O3. The molecule has 0 aromatic heterocycles. The maximum atomic E-state index is 13.0. The predicted molar refractivity (Wildman–Crippen MR) is 64.8 cm³/mol. The zero-order valence-corrected chi connectivity index (χ0v) is 10.1. The molecular weight excluding hydrogens is 278 g/mol. The lowest BCUT2D eigenvalue weighted by Gasteiger charge is -2.10. The van der Waals surface area contributed by atoms with Crippen molar-refractivity contribution in [1.82, 2.24) is 0 Å². The number of carboxylic acids is 1. The van der Waals surface area contributed by atoms with E-state index in [1.165, 1.54) is 18.2 Å². The van der Waals surface area contributed by atoms with E-state index in [1.807, 2.05) is 0 Å². The van der Waals surface area contributed by atoms with Gasteiger partial charge in [0, 0.05) is 18.2 Å². The van der Waals surface area contributed by atoms with Crippen LogP contribution in [0.15, 0.2) is 36.4 Å². The van der Waals surface area contributed by atoms with E-state index in [9.17, 15) is 13.6 Å². The molecule has 0 saturated carbocycles. The summed E-state index contributed by atoms with van der Waals surface area (Å²) in [6.45, 7) is 0. The summed E-state index contributed by atoms with van der Waals surface area (Å²) in [4.78, 5) is 11.1. The Labute approximate surface area is 112 Å². The number of carbonyl (C=O) groups is 1. The molecule has 0 radical (unpaired) electrons. The van der Waals surface area contributed by atoms with Crippen LogP contribution in [0.25, 0.3) is 0 Å². The van der Waals surface area contributed by atoms with E-state index in [2.05, 4.69) is 0 Å². The third-order valence-electron chi connectivity index (χ3n) is 2.25. The average molecular weight is 285 g/mol. The molecule has 0 unspecified atom stereocenters. The fraction of sp³-hybridized carbons (Fsp3) is 0. The number of halogens is 3. The van der Waals surface area contributed by atoms with Crippen molar-refractivity contribution in [3.63, 3.8) is 0 Å². The van der Waals surface area contributed by atoms with Gasteiger partial charge in [-0.25, -0.2) is 13.6 Å². The molecule has 3 nitrogen and oxygen atoms in total. The number of rotatable bonds is 3. The number of hydrogen-bond donors (Lipinski definition) is 1. The quantitative estimate of drug-likeness (QED) is 0.922. The standard InChI is InChI=1S/C13H7ClF2O3/c14-10-2-1-3-11(12(10)13(17)18)19-9-5-7(15)4-8(16)6-9/h1-6H,(H,17,18). The maximum Gasteiger partial charge on any atom is 0.341 e. The minimum atomic E-state index is -1.29. The van der Waals surface area contributed by atoms with E-state index in [-0.39, 0.29) is 22.1 Å². The lowest BCUT2D eigenvalue weighted by atomic mass is 10.2. The van der Waals surface area contributed by atoms with Gasteiger partial charge in [-0.15, -0.1) is 0 Å². The maximum absolute atomic E-state index is 13.0. The van der Waals surface area contributed by atoms with Crippen molar-refractivity contribution in [2.24, 2.45) is 0 Å². The van der Waals surface area contributed by atoms with Crippen molar-refractivity contribution in [3.8, 4) is 11.5 Å². The lowest BCUT2D eigenvalue weighted by molar-refractivity contribution is 0.0694. The first-order chi connectivity index (χ1) is 8.97. The van der Waals surface area contributed by atoms with E-state index >= 15 is 0 Å². The Hall–Kier alpha value is -2.14. The van der Waals surface area contributed by atoms with Gasteiger partial charge in [0.25, 0.3) is 0 Å². The second-order valence-electron chi connectivity index (χ2n) is 3.63. The fourth-order valence-electron chi connectivity index (χ4n) is 1.51. The third kappa shape index (κ3) is 3.00. The van der Waals surface area contributed by atoms with Crippen molar-refractivity contribution in [2.45, 2.75) is 0 Å². The monoisotopic (exact) mass is 284 g/mol. The first kappa shape index (κ1) is 13.3. The second kappa shape index (κ2) is 5.24. The first-order valence-electron chi connectivity index (χ1n) is 5.13. The van der Waals surface area contributed by atoms with Gasteiger partial charge in [-0.2, -0.15) is 0 Å². The van der Waals surface area contributed by atoms with Gasteiger partial charge in [0.1, 0.15) is 28.7 Å². The highest BCUT2D eigenvalue weighted by atomic mass is 35.5. The molecule has 0 heterocycles. The van der Waals surface area contributed by atoms with Crippen LogP contribution in [0, 0.1) is 11.6 Å². The van der Waals surface area contributed by atoms with Crippen molar-refractivity contribution in [2.75, 3.05) is 0 Å². The van der Waals surface area contributed by atoms with Crippen LogP contribution in [0.1, 0.15) is 10.4 Å². The van der Waals surface area contributed by atoms with Crippen LogP contribution in [-0.4, -0.2) is 11.1 Å². The van der Waals surface area contributed by atoms with Gasteiger partial charge in [0.2, 0.25) is 0 Å². The lowest BCUT2D eigenvalue weighted by Crippen LogP contribution is -2.01. The molecule has 0 atom stereocenters. The molecule has 0 bridgehead atoms. The van der Waals surface area contributed by atoms with Crippen molar-refractivity contribution in [1.29, 1.82) is 0 Å². The van der Waals surface area contributed by atoms with Crippen LogP contribution in [0.4, 0.5) is 8.78 Å². The summed E-state index contributed by atoms with van der Waals surface area (Å²) in [5, 5.41) is 9.00. The van der Waals surface area contributed by atoms with Gasteiger partial charge in [-0.05, 0) is 12.1 Å². The Kier molecular flexibility index (Phi) is 3.66. The van der Waals surface area contributed by atoms with Crippen LogP contribution < -0.4 is 4.74 Å². The van der Waals surface area contributed by atoms with Crippen molar-refractivity contribution < 1.29 is 23.4 Å². The fourth-order valence-corrected chi connectivity index (χ4v) is 1.76. The Morgan fingerprint density at radius 1 is 1.16 bits per heavy atom. The molecule has 0 fully saturated rings. The second-order valence-corrected chi connectivity index (χ2v) is 4.03. The first-order valence-corrected chi connectivity index (χ1v) is 5.51. The highest BCUT2D eigenvalue weighted by Gasteiger charge is 2.16. The smallest absolute Gasteiger partial charge is 0.341 e. The molecule has 0 aliphatic carbocycles. The van der Waals surface area contributed by atoms with Gasteiger partial charge in [0.15, 0.2) is 0 Å². The number of carboxylic acid groups (broad SMARTS) is 1. The van der Waals surface area contributed by atoms with E-state index in [1.54, 1.807) is 0 Å². The highest BCUT2D eigenvalue weighted by molar-refractivity contribution is 6.33. The molecule has 0 aliphatic rings. The molecule has 2 aromatic rings. The van der Waals surface area contributed by atoms with E-state index in [0.29, 0.717) is 6.07 Å². The normalized spacial score (nSPS) is 10.3. The zero-order chi connectivity index (χ0) is 14.0. The Bertz CT molecular complexity index is 624. The van der Waals surface area contributed by atoms with Crippen molar-refractivity contribution >= 4 is 17.6 Å². The molecule has 19 heavy (non-hydrogen) atoms.